The minimum absolute atomic E-state index is 0.284. The molecule has 1 aliphatic carbocycles. The molecule has 0 aliphatic heterocycles. The van der Waals surface area contributed by atoms with E-state index in [4.69, 9.17) is 17.0 Å². The van der Waals surface area contributed by atoms with Gasteiger partial charge in [-0.05, 0) is 67.9 Å². The molecule has 0 unspecified atom stereocenters. The largest absolute Gasteiger partial charge is 0.491 e. The van der Waals surface area contributed by atoms with Gasteiger partial charge in [0.05, 0.1) is 0 Å². The van der Waals surface area contributed by atoms with Crippen molar-refractivity contribution >= 4 is 23.0 Å². The Balaban J connectivity index is 1.29. The van der Waals surface area contributed by atoms with E-state index in [1.165, 1.54) is 37.7 Å². The number of thiocarbonyl (C=S) groups is 1. The zero-order valence-corrected chi connectivity index (χ0v) is 18.3. The second-order valence-electron chi connectivity index (χ2n) is 7.86. The van der Waals surface area contributed by atoms with Gasteiger partial charge < -0.3 is 25.8 Å². The number of ether oxygens (including phenoxy) is 1. The first-order valence-corrected chi connectivity index (χ1v) is 11.3. The average Bonchev–Trinajstić information content (AvgIpc) is 2.78. The third kappa shape index (κ3) is 8.30. The summed E-state index contributed by atoms with van der Waals surface area (Å²) in [7, 11) is 0. The van der Waals surface area contributed by atoms with Crippen LogP contribution in [0.4, 0.5) is 5.69 Å². The molecule has 0 amide bonds. The van der Waals surface area contributed by atoms with Gasteiger partial charge in [0.2, 0.25) is 0 Å². The summed E-state index contributed by atoms with van der Waals surface area (Å²) in [6.07, 6.45) is 6.71. The van der Waals surface area contributed by atoms with Crippen LogP contribution < -0.4 is 20.7 Å². The van der Waals surface area contributed by atoms with Crippen LogP contribution in [-0.4, -0.2) is 42.1 Å². The molecule has 0 aromatic heterocycles. The van der Waals surface area contributed by atoms with Crippen molar-refractivity contribution in [3.8, 4) is 5.75 Å². The molecule has 5 nitrogen and oxygen atoms in total. The summed E-state index contributed by atoms with van der Waals surface area (Å²) in [4.78, 5) is 0. The van der Waals surface area contributed by atoms with Gasteiger partial charge in [-0.3, -0.25) is 0 Å². The maximum atomic E-state index is 10.0. The number of benzene rings is 2. The average molecular weight is 428 g/mol. The van der Waals surface area contributed by atoms with Crippen LogP contribution in [0.25, 0.3) is 0 Å². The molecule has 2 aromatic carbocycles. The third-order valence-electron chi connectivity index (χ3n) is 5.31. The maximum Gasteiger partial charge on any atom is 0.170 e. The number of para-hydroxylation sites is 1. The van der Waals surface area contributed by atoms with Crippen molar-refractivity contribution in [2.75, 3.05) is 25.0 Å². The van der Waals surface area contributed by atoms with Gasteiger partial charge in [-0.2, -0.15) is 0 Å². The normalized spacial score (nSPS) is 15.4. The smallest absolute Gasteiger partial charge is 0.170 e. The Labute approximate surface area is 185 Å². The van der Waals surface area contributed by atoms with Crippen molar-refractivity contribution in [2.45, 2.75) is 50.7 Å². The second-order valence-corrected chi connectivity index (χ2v) is 8.27. The van der Waals surface area contributed by atoms with E-state index in [1.807, 2.05) is 30.3 Å². The standard InChI is InChI=1S/C24H33N3O2S/c28-22(18-29-23-9-5-2-6-10-23)17-25-16-15-19-11-13-21(14-12-19)27-24(30)26-20-7-3-1-4-8-20/h2,5-6,9-14,20,22,25,28H,1,3-4,7-8,15-18H2,(H2,26,27,30)/t22-/m0/s1. The molecular formula is C24H33N3O2S. The van der Waals surface area contributed by atoms with E-state index in [-0.39, 0.29) is 6.61 Å². The van der Waals surface area contributed by atoms with Crippen molar-refractivity contribution in [1.82, 2.24) is 10.6 Å². The van der Waals surface area contributed by atoms with E-state index in [0.717, 1.165) is 24.4 Å². The van der Waals surface area contributed by atoms with Crippen molar-refractivity contribution < 1.29 is 9.84 Å². The maximum absolute atomic E-state index is 10.0. The summed E-state index contributed by atoms with van der Waals surface area (Å²) < 4.78 is 5.56. The molecule has 0 spiro atoms. The fourth-order valence-corrected chi connectivity index (χ4v) is 3.91. The van der Waals surface area contributed by atoms with Gasteiger partial charge in [-0.15, -0.1) is 0 Å². The first kappa shape index (κ1) is 22.5. The van der Waals surface area contributed by atoms with Gasteiger partial charge in [0, 0.05) is 18.3 Å². The highest BCUT2D eigenvalue weighted by Gasteiger charge is 2.13. The number of aliphatic hydroxyl groups excluding tert-OH is 1. The van der Waals surface area contributed by atoms with Crippen LogP contribution in [0.5, 0.6) is 5.75 Å². The van der Waals surface area contributed by atoms with Crippen LogP contribution in [0.3, 0.4) is 0 Å². The lowest BCUT2D eigenvalue weighted by Crippen LogP contribution is -2.38. The van der Waals surface area contributed by atoms with Crippen molar-refractivity contribution in [3.63, 3.8) is 0 Å². The summed E-state index contributed by atoms with van der Waals surface area (Å²) in [6.45, 7) is 1.59. The van der Waals surface area contributed by atoms with Gasteiger partial charge in [0.25, 0.3) is 0 Å². The zero-order chi connectivity index (χ0) is 21.0. The fraction of sp³-hybridized carbons (Fsp3) is 0.458. The molecule has 0 heterocycles. The predicted molar refractivity (Wildman–Crippen MR) is 127 cm³/mol. The van der Waals surface area contributed by atoms with Gasteiger partial charge >= 0.3 is 0 Å². The monoisotopic (exact) mass is 427 g/mol. The van der Waals surface area contributed by atoms with Crippen LogP contribution in [0.2, 0.25) is 0 Å². The summed E-state index contributed by atoms with van der Waals surface area (Å²) >= 11 is 5.45. The summed E-state index contributed by atoms with van der Waals surface area (Å²) in [6, 6.07) is 18.4. The van der Waals surface area contributed by atoms with E-state index >= 15 is 0 Å². The minimum atomic E-state index is -0.533. The summed E-state index contributed by atoms with van der Waals surface area (Å²) in [5, 5.41) is 20.7. The molecule has 3 rings (SSSR count). The molecule has 0 saturated heterocycles. The van der Waals surface area contributed by atoms with E-state index in [2.05, 4.69) is 40.2 Å². The number of anilines is 1. The van der Waals surface area contributed by atoms with Gasteiger partial charge in [-0.25, -0.2) is 0 Å². The number of nitrogens with one attached hydrogen (secondary N) is 3. The molecule has 1 atom stereocenters. The van der Waals surface area contributed by atoms with Crippen LogP contribution in [0.1, 0.15) is 37.7 Å². The second kappa shape index (κ2) is 12.5. The number of hydrogen-bond donors (Lipinski definition) is 4. The Morgan fingerprint density at radius 3 is 2.50 bits per heavy atom. The highest BCUT2D eigenvalue weighted by Crippen LogP contribution is 2.18. The van der Waals surface area contributed by atoms with Crippen molar-refractivity contribution in [1.29, 1.82) is 0 Å². The Morgan fingerprint density at radius 2 is 1.77 bits per heavy atom. The predicted octanol–water partition coefficient (Wildman–Crippen LogP) is 3.88. The highest BCUT2D eigenvalue weighted by atomic mass is 32.1. The van der Waals surface area contributed by atoms with Crippen LogP contribution in [0, 0.1) is 0 Å². The Hall–Kier alpha value is -2.15. The van der Waals surface area contributed by atoms with Gasteiger partial charge in [0.15, 0.2) is 5.11 Å². The lowest BCUT2D eigenvalue weighted by molar-refractivity contribution is 0.106. The quantitative estimate of drug-likeness (QED) is 0.341. The molecule has 0 bridgehead atoms. The van der Waals surface area contributed by atoms with E-state index < -0.39 is 6.10 Å². The molecule has 1 fully saturated rings. The fourth-order valence-electron chi connectivity index (χ4n) is 3.62. The van der Waals surface area contributed by atoms with Crippen LogP contribution >= 0.6 is 12.2 Å². The minimum Gasteiger partial charge on any atom is -0.491 e. The number of rotatable bonds is 10. The Kier molecular flexibility index (Phi) is 9.41. The first-order valence-electron chi connectivity index (χ1n) is 10.9. The van der Waals surface area contributed by atoms with Crippen LogP contribution in [-0.2, 0) is 6.42 Å². The number of hydrogen-bond acceptors (Lipinski definition) is 4. The molecule has 1 saturated carbocycles. The van der Waals surface area contributed by atoms with E-state index in [9.17, 15) is 5.11 Å². The lowest BCUT2D eigenvalue weighted by Gasteiger charge is -2.24. The SMILES string of the molecule is O[C@@H](CNCCc1ccc(NC(=S)NC2CCCCC2)cc1)COc1ccccc1. The van der Waals surface area contributed by atoms with E-state index in [0.29, 0.717) is 17.7 Å². The Bertz CT molecular complexity index is 749. The zero-order valence-electron chi connectivity index (χ0n) is 17.5. The highest BCUT2D eigenvalue weighted by molar-refractivity contribution is 7.80. The molecular weight excluding hydrogens is 394 g/mol. The van der Waals surface area contributed by atoms with Gasteiger partial charge in [-0.1, -0.05) is 49.6 Å². The lowest BCUT2D eigenvalue weighted by atomic mass is 9.96. The van der Waals surface area contributed by atoms with Crippen LogP contribution in [0.15, 0.2) is 54.6 Å². The van der Waals surface area contributed by atoms with Crippen molar-refractivity contribution in [3.05, 3.63) is 60.2 Å². The molecule has 162 valence electrons. The third-order valence-corrected chi connectivity index (χ3v) is 5.53. The Morgan fingerprint density at radius 1 is 1.03 bits per heavy atom. The van der Waals surface area contributed by atoms with E-state index in [1.54, 1.807) is 0 Å². The molecule has 4 N–H and O–H groups in total. The topological polar surface area (TPSA) is 65.5 Å². The first-order chi connectivity index (χ1) is 14.7. The molecule has 0 radical (unpaired) electrons. The molecule has 2 aromatic rings. The van der Waals surface area contributed by atoms with Gasteiger partial charge in [0.1, 0.15) is 18.5 Å². The molecule has 30 heavy (non-hydrogen) atoms. The molecule has 6 heteroatoms. The summed E-state index contributed by atoms with van der Waals surface area (Å²) in [5.41, 5.74) is 2.25. The molecule has 1 aliphatic rings. The van der Waals surface area contributed by atoms with Crippen molar-refractivity contribution in [2.24, 2.45) is 0 Å². The summed E-state index contributed by atoms with van der Waals surface area (Å²) in [5.74, 6) is 0.777. The number of aliphatic hydroxyl groups is 1.